The van der Waals surface area contributed by atoms with E-state index in [2.05, 4.69) is 45.6 Å². The lowest BCUT2D eigenvalue weighted by Crippen LogP contribution is -2.09. The molecule has 0 radical (unpaired) electrons. The highest BCUT2D eigenvalue weighted by Crippen LogP contribution is 2.31. The average Bonchev–Trinajstić information content (AvgIpc) is 3.87. The zero-order valence-corrected chi connectivity index (χ0v) is 32.1. The van der Waals surface area contributed by atoms with Gasteiger partial charge in [-0.3, -0.25) is 19.2 Å². The van der Waals surface area contributed by atoms with E-state index in [1.807, 2.05) is 77.5 Å². The quantitative estimate of drug-likeness (QED) is 0.0294. The zero-order valence-electron chi connectivity index (χ0n) is 27.3. The molecule has 0 spiro atoms. The Bertz CT molecular complexity index is 2470. The van der Waals surface area contributed by atoms with Crippen LogP contribution in [-0.2, 0) is 33.5 Å². The molecule has 0 aliphatic rings. The molecule has 0 saturated carbocycles. The maximum absolute atomic E-state index is 12.2. The third-order valence-electron chi connectivity index (χ3n) is 6.76. The Labute approximate surface area is 350 Å². The molecule has 4 heterocycles. The summed E-state index contributed by atoms with van der Waals surface area (Å²) in [4.78, 5) is 65.2. The molecule has 292 valence electrons. The molecule has 4 aromatic heterocycles. The number of aromatic amines is 3. The maximum Gasteiger partial charge on any atom is 0.307 e. The summed E-state index contributed by atoms with van der Waals surface area (Å²) in [5.74, 6) is -1.14. The van der Waals surface area contributed by atoms with Crippen LogP contribution in [0.2, 0.25) is 0 Å². The Kier molecular flexibility index (Phi) is 21.0. The molecule has 0 atom stereocenters. The van der Waals surface area contributed by atoms with Crippen LogP contribution in [0.5, 0.6) is 0 Å². The summed E-state index contributed by atoms with van der Waals surface area (Å²) in [7, 11) is 0. The number of aromatic nitrogens is 4. The van der Waals surface area contributed by atoms with Crippen molar-refractivity contribution in [2.75, 3.05) is 0 Å². The molecule has 6 rings (SSSR count). The van der Waals surface area contributed by atoms with Crippen molar-refractivity contribution in [1.29, 1.82) is 0 Å². The molecule has 0 amide bonds. The number of thiophene rings is 2. The third-order valence-corrected chi connectivity index (χ3v) is 10.3. The molecule has 0 bridgehead atoms. The highest BCUT2D eigenvalue weighted by molar-refractivity contribution is 9.08. The van der Waals surface area contributed by atoms with Crippen LogP contribution in [0.15, 0.2) is 98.3 Å². The number of benzene rings is 2. The molecule has 0 aliphatic carbocycles. The Balaban J connectivity index is 0.000000447. The summed E-state index contributed by atoms with van der Waals surface area (Å²) in [6.07, 6.45) is 0.0661. The van der Waals surface area contributed by atoms with Crippen LogP contribution < -0.4 is 11.1 Å². The number of halogens is 1. The zero-order chi connectivity index (χ0) is 38.3. The number of hydrogen-bond acceptors (Lipinski definition) is 9. The van der Waals surface area contributed by atoms with Crippen LogP contribution in [0.3, 0.4) is 0 Å². The molecule has 0 saturated heterocycles. The van der Waals surface area contributed by atoms with E-state index >= 15 is 0 Å². The van der Waals surface area contributed by atoms with Gasteiger partial charge in [-0.15, -0.1) is 22.7 Å². The molecule has 56 heavy (non-hydrogen) atoms. The number of alkyl halides is 1. The van der Waals surface area contributed by atoms with E-state index in [1.165, 1.54) is 34.4 Å². The van der Waals surface area contributed by atoms with Gasteiger partial charge in [-0.25, -0.2) is 14.7 Å². The van der Waals surface area contributed by atoms with Crippen LogP contribution >= 0.6 is 62.6 Å². The summed E-state index contributed by atoms with van der Waals surface area (Å²) in [5.41, 5.74) is 3.62. The molecule has 0 unspecified atom stereocenters. The number of nitrogens with zero attached hydrogens (tertiary/aromatic N) is 3. The van der Waals surface area contributed by atoms with Gasteiger partial charge in [0.1, 0.15) is 0 Å². The lowest BCUT2D eigenvalue weighted by Gasteiger charge is -2.06. The predicted octanol–water partition coefficient (Wildman–Crippen LogP) is 10.8. The molecular weight excluding hydrogens is 857 g/mol. The topological polar surface area (TPSA) is 178 Å². The standard InChI is InChI=1S/C18H13N3O3S2.C9H9BrO2.C9H5N3OS2.3CH4/c1-19-16-15(13-6-3-7-25-13)20-18(21-17(16)24)26-10-12-5-2-4-11(8-12)9-14(22)23;10-6-8-3-1-2-7(4-8)5-9(11)12;1-10-7-6(5-3-2-4-15-5)11-9(14)12-8(7)13;;;/h2-8H,9-10H2,(H,22,23)(H,20,21,24);1-4H,5-6H2,(H,11,12);2-4H,(H2,11,12,13,14);3*1H4. The number of carboxylic acids is 2. The maximum atomic E-state index is 12.2. The van der Waals surface area contributed by atoms with Crippen LogP contribution in [0.1, 0.15) is 44.5 Å². The first kappa shape index (κ1) is 48.6. The molecule has 6 aromatic rings. The predicted molar refractivity (Wildman–Crippen MR) is 234 cm³/mol. The van der Waals surface area contributed by atoms with Crippen LogP contribution in [0.4, 0.5) is 11.4 Å². The minimum atomic E-state index is -0.879. The van der Waals surface area contributed by atoms with Crippen molar-refractivity contribution in [1.82, 2.24) is 19.9 Å². The minimum Gasteiger partial charge on any atom is -0.481 e. The Morgan fingerprint density at radius 3 is 1.79 bits per heavy atom. The van der Waals surface area contributed by atoms with Crippen LogP contribution in [0.25, 0.3) is 30.8 Å². The Hall–Kier alpha value is -5.43. The highest BCUT2D eigenvalue weighted by Gasteiger charge is 2.15. The first-order valence-electron chi connectivity index (χ1n) is 15.1. The van der Waals surface area contributed by atoms with E-state index in [-0.39, 0.29) is 51.3 Å². The van der Waals surface area contributed by atoms with Gasteiger partial charge in [0.15, 0.2) is 9.93 Å². The summed E-state index contributed by atoms with van der Waals surface area (Å²) >= 11 is 12.4. The van der Waals surface area contributed by atoms with Crippen molar-refractivity contribution in [3.05, 3.63) is 154 Å². The van der Waals surface area contributed by atoms with E-state index in [9.17, 15) is 19.2 Å². The van der Waals surface area contributed by atoms with Gasteiger partial charge in [-0.2, -0.15) is 0 Å². The normalized spacial score (nSPS) is 9.55. The lowest BCUT2D eigenvalue weighted by molar-refractivity contribution is -0.137. The van der Waals surface area contributed by atoms with E-state index < -0.39 is 23.1 Å². The fourth-order valence-electron chi connectivity index (χ4n) is 4.54. The van der Waals surface area contributed by atoms with Gasteiger partial charge in [0.25, 0.3) is 22.5 Å². The monoisotopic (exact) mass is 894 g/mol. The Morgan fingerprint density at radius 1 is 0.750 bits per heavy atom. The van der Waals surface area contributed by atoms with Gasteiger partial charge < -0.3 is 25.2 Å². The summed E-state index contributed by atoms with van der Waals surface area (Å²) in [6.45, 7) is 14.2. The largest absolute Gasteiger partial charge is 0.481 e. The van der Waals surface area contributed by atoms with Crippen LogP contribution in [-0.4, -0.2) is 42.1 Å². The fraction of sp³-hybridized carbons (Fsp3) is 0.179. The van der Waals surface area contributed by atoms with E-state index in [1.54, 1.807) is 6.07 Å². The summed E-state index contributed by atoms with van der Waals surface area (Å²) in [5, 5.41) is 22.3. The van der Waals surface area contributed by atoms with Gasteiger partial charge in [-0.1, -0.05) is 111 Å². The third kappa shape index (κ3) is 14.3. The van der Waals surface area contributed by atoms with Gasteiger partial charge in [0.05, 0.1) is 37.4 Å². The molecule has 12 nitrogen and oxygen atoms in total. The number of H-pyrrole nitrogens is 3. The molecule has 2 aromatic carbocycles. The molecule has 0 aliphatic heterocycles. The molecular formula is C39H39BrN6O6S4. The number of aliphatic carboxylic acids is 2. The van der Waals surface area contributed by atoms with Crippen molar-refractivity contribution >= 4 is 85.9 Å². The SMILES string of the molecule is C.C.C.O=C(O)Cc1cccc(CBr)c1.[C-]#[N+]c1c(-c2cccs2)[nH]c(=S)[nH]c1=O.[C-]#[N+]c1c(-c2cccs2)nc(SCc2cccc(CC(=O)O)c2)[nH]c1=O. The lowest BCUT2D eigenvalue weighted by atomic mass is 10.1. The molecule has 0 fully saturated rings. The number of rotatable bonds is 10. The molecule has 5 N–H and O–H groups in total. The number of carbonyl (C=O) groups is 2. The van der Waals surface area contributed by atoms with E-state index in [0.717, 1.165) is 37.3 Å². The first-order chi connectivity index (χ1) is 25.5. The van der Waals surface area contributed by atoms with Crippen molar-refractivity contribution < 1.29 is 19.8 Å². The minimum absolute atomic E-state index is 0. The first-order valence-corrected chi connectivity index (χ1v) is 19.4. The van der Waals surface area contributed by atoms with Gasteiger partial charge in [0.2, 0.25) is 0 Å². The molecule has 17 heteroatoms. The Morgan fingerprint density at radius 2 is 1.27 bits per heavy atom. The van der Waals surface area contributed by atoms with E-state index in [4.69, 9.17) is 35.6 Å². The van der Waals surface area contributed by atoms with E-state index in [0.29, 0.717) is 22.3 Å². The highest BCUT2D eigenvalue weighted by atomic mass is 79.9. The summed E-state index contributed by atoms with van der Waals surface area (Å²) < 4.78 is 0.232. The number of hydrogen-bond donors (Lipinski definition) is 5. The van der Waals surface area contributed by atoms with Gasteiger partial charge in [0, 0.05) is 20.8 Å². The average molecular weight is 896 g/mol. The van der Waals surface area contributed by atoms with Crippen molar-refractivity contribution in [3.8, 4) is 21.1 Å². The number of carboxylic acid groups (broad SMARTS) is 2. The second kappa shape index (κ2) is 24.2. The van der Waals surface area contributed by atoms with Crippen LogP contribution in [0, 0.1) is 17.9 Å². The second-order valence-electron chi connectivity index (χ2n) is 10.6. The number of thioether (sulfide) groups is 1. The number of nitrogens with one attached hydrogen (secondary N) is 3. The smallest absolute Gasteiger partial charge is 0.307 e. The van der Waals surface area contributed by atoms with Crippen molar-refractivity contribution in [2.24, 2.45) is 0 Å². The summed E-state index contributed by atoms with van der Waals surface area (Å²) in [6, 6.07) is 22.2. The van der Waals surface area contributed by atoms with Crippen molar-refractivity contribution in [3.63, 3.8) is 0 Å². The van der Waals surface area contributed by atoms with Gasteiger partial charge in [-0.05, 0) is 57.4 Å². The fourth-order valence-corrected chi connectivity index (χ4v) is 7.33. The van der Waals surface area contributed by atoms with Gasteiger partial charge >= 0.3 is 11.9 Å². The van der Waals surface area contributed by atoms with Crippen molar-refractivity contribution in [2.45, 2.75) is 51.4 Å². The second-order valence-corrected chi connectivity index (χ2v) is 14.4.